The summed E-state index contributed by atoms with van der Waals surface area (Å²) in [6.07, 6.45) is 6.92. The highest BCUT2D eigenvalue weighted by Crippen LogP contribution is 2.35. The molecule has 0 radical (unpaired) electrons. The molecule has 1 aliphatic rings. The van der Waals surface area contributed by atoms with E-state index in [2.05, 4.69) is 15.6 Å². The number of imidazole rings is 1. The van der Waals surface area contributed by atoms with Crippen molar-refractivity contribution in [3.63, 3.8) is 0 Å². The number of aromatic nitrogens is 2. The predicted molar refractivity (Wildman–Crippen MR) is 96.7 cm³/mol. The van der Waals surface area contributed by atoms with E-state index in [1.54, 1.807) is 12.3 Å². The number of amides is 1. The lowest BCUT2D eigenvalue weighted by molar-refractivity contribution is 0.00944. The lowest BCUT2D eigenvalue weighted by atomic mass is 9.91. The van der Waals surface area contributed by atoms with Gasteiger partial charge in [-0.3, -0.25) is 4.79 Å². The number of pyridine rings is 1. The van der Waals surface area contributed by atoms with E-state index in [0.717, 1.165) is 29.2 Å². The average molecular weight is 356 g/mol. The van der Waals surface area contributed by atoms with Gasteiger partial charge in [-0.25, -0.2) is 4.98 Å². The van der Waals surface area contributed by atoms with Gasteiger partial charge in [0.25, 0.3) is 5.91 Å². The van der Waals surface area contributed by atoms with Crippen LogP contribution in [0.2, 0.25) is 0 Å². The summed E-state index contributed by atoms with van der Waals surface area (Å²) in [4.78, 5) is 18.2. The first-order chi connectivity index (χ1) is 12.1. The molecule has 0 atom stereocenters. The third kappa shape index (κ3) is 3.30. The van der Waals surface area contributed by atoms with Gasteiger partial charge in [0.1, 0.15) is 11.2 Å². The Morgan fingerprint density at radius 3 is 3.00 bits per heavy atom. The fourth-order valence-electron chi connectivity index (χ4n) is 3.13. The second-order valence-corrected chi connectivity index (χ2v) is 7.44. The first-order valence-electron chi connectivity index (χ1n) is 8.37. The average Bonchev–Trinajstić information content (AvgIpc) is 3.29. The van der Waals surface area contributed by atoms with E-state index in [-0.39, 0.29) is 5.91 Å². The summed E-state index contributed by atoms with van der Waals surface area (Å²) in [5.41, 5.74) is 1.05. The van der Waals surface area contributed by atoms with E-state index in [1.165, 1.54) is 11.3 Å². The van der Waals surface area contributed by atoms with Crippen molar-refractivity contribution in [2.24, 2.45) is 0 Å². The van der Waals surface area contributed by atoms with Crippen LogP contribution in [0.15, 0.2) is 42.9 Å². The zero-order valence-corrected chi connectivity index (χ0v) is 14.6. The monoisotopic (exact) mass is 356 g/mol. The summed E-state index contributed by atoms with van der Waals surface area (Å²) >= 11 is 1.38. The molecule has 25 heavy (non-hydrogen) atoms. The van der Waals surface area contributed by atoms with Gasteiger partial charge in [0.2, 0.25) is 0 Å². The summed E-state index contributed by atoms with van der Waals surface area (Å²) in [7, 11) is 0. The number of nitrogens with one attached hydrogen (secondary N) is 2. The number of thiophene rings is 1. The second kappa shape index (κ2) is 6.59. The van der Waals surface area contributed by atoms with Crippen LogP contribution in [0.25, 0.3) is 5.65 Å². The molecular formula is C18H20N4O2S. The first kappa shape index (κ1) is 16.3. The van der Waals surface area contributed by atoms with Gasteiger partial charge >= 0.3 is 0 Å². The van der Waals surface area contributed by atoms with Crippen molar-refractivity contribution in [2.75, 3.05) is 13.1 Å². The van der Waals surface area contributed by atoms with Crippen LogP contribution >= 0.6 is 11.3 Å². The Bertz CT molecular complexity index is 895. The molecule has 0 spiro atoms. The molecule has 1 fully saturated rings. The van der Waals surface area contributed by atoms with Gasteiger partial charge in [0.05, 0.1) is 4.88 Å². The van der Waals surface area contributed by atoms with Gasteiger partial charge in [-0.1, -0.05) is 0 Å². The smallest absolute Gasteiger partial charge is 0.261 e. The van der Waals surface area contributed by atoms with E-state index < -0.39 is 5.60 Å². The topological polar surface area (TPSA) is 78.7 Å². The largest absolute Gasteiger partial charge is 0.384 e. The molecule has 0 unspecified atom stereocenters. The number of carbonyl (C=O) groups excluding carboxylic acids is 1. The first-order valence-corrected chi connectivity index (χ1v) is 9.19. The summed E-state index contributed by atoms with van der Waals surface area (Å²) in [6.45, 7) is 2.04. The summed E-state index contributed by atoms with van der Waals surface area (Å²) < 4.78 is 1.93. The van der Waals surface area contributed by atoms with Crippen LogP contribution in [0, 0.1) is 0 Å². The van der Waals surface area contributed by atoms with Crippen molar-refractivity contribution in [3.8, 4) is 0 Å². The maximum atomic E-state index is 12.4. The van der Waals surface area contributed by atoms with Gasteiger partial charge < -0.3 is 20.1 Å². The lowest BCUT2D eigenvalue weighted by Crippen LogP contribution is -2.39. The molecule has 130 valence electrons. The number of nitrogens with zero attached hydrogens (tertiary/aromatic N) is 2. The molecule has 6 nitrogen and oxygen atoms in total. The van der Waals surface area contributed by atoms with Gasteiger partial charge in [-0.15, -0.1) is 11.3 Å². The zero-order valence-electron chi connectivity index (χ0n) is 13.7. The van der Waals surface area contributed by atoms with Crippen LogP contribution in [-0.2, 0) is 12.1 Å². The Balaban J connectivity index is 1.42. The predicted octanol–water partition coefficient (Wildman–Crippen LogP) is 1.90. The molecule has 1 saturated heterocycles. The molecule has 4 rings (SSSR count). The Kier molecular flexibility index (Phi) is 4.29. The molecular weight excluding hydrogens is 336 g/mol. The molecule has 4 heterocycles. The minimum absolute atomic E-state index is 0.114. The Morgan fingerprint density at radius 1 is 1.32 bits per heavy atom. The summed E-state index contributed by atoms with van der Waals surface area (Å²) in [5, 5.41) is 16.9. The SMILES string of the molecule is O=C(NCc1ccn2ccnc2c1)c1ccc(C2(O)CCNCC2)s1. The van der Waals surface area contributed by atoms with Crippen molar-refractivity contribution in [3.05, 3.63) is 58.2 Å². The number of fused-ring (bicyclic) bond motifs is 1. The molecule has 0 aromatic carbocycles. The van der Waals surface area contributed by atoms with Gasteiger partial charge in [0.15, 0.2) is 0 Å². The second-order valence-electron chi connectivity index (χ2n) is 6.36. The minimum atomic E-state index is -0.805. The molecule has 1 amide bonds. The van der Waals surface area contributed by atoms with E-state index in [1.807, 2.05) is 35.0 Å². The lowest BCUT2D eigenvalue weighted by Gasteiger charge is -2.31. The van der Waals surface area contributed by atoms with Crippen LogP contribution in [0.1, 0.15) is 33.0 Å². The van der Waals surface area contributed by atoms with Crippen LogP contribution in [0.3, 0.4) is 0 Å². The third-order valence-electron chi connectivity index (χ3n) is 4.63. The maximum Gasteiger partial charge on any atom is 0.261 e. The van der Waals surface area contributed by atoms with Crippen molar-refractivity contribution < 1.29 is 9.90 Å². The van der Waals surface area contributed by atoms with Crippen LogP contribution in [0.5, 0.6) is 0 Å². The summed E-state index contributed by atoms with van der Waals surface area (Å²) in [5.74, 6) is -0.114. The quantitative estimate of drug-likeness (QED) is 0.667. The van der Waals surface area contributed by atoms with Crippen LogP contribution < -0.4 is 10.6 Å². The van der Waals surface area contributed by atoms with E-state index in [9.17, 15) is 9.90 Å². The van der Waals surface area contributed by atoms with Crippen molar-refractivity contribution in [2.45, 2.75) is 25.0 Å². The van der Waals surface area contributed by atoms with Crippen LogP contribution in [-0.4, -0.2) is 33.5 Å². The molecule has 3 aromatic heterocycles. The highest BCUT2D eigenvalue weighted by Gasteiger charge is 2.33. The summed E-state index contributed by atoms with van der Waals surface area (Å²) in [6, 6.07) is 7.60. The minimum Gasteiger partial charge on any atom is -0.384 e. The Morgan fingerprint density at radius 2 is 2.16 bits per heavy atom. The number of carbonyl (C=O) groups is 1. The van der Waals surface area contributed by atoms with Gasteiger partial charge in [0, 0.05) is 30.0 Å². The molecule has 0 bridgehead atoms. The van der Waals surface area contributed by atoms with Gasteiger partial charge in [-0.05, 0) is 55.8 Å². The molecule has 7 heteroatoms. The molecule has 0 aliphatic carbocycles. The van der Waals surface area contributed by atoms with Gasteiger partial charge in [-0.2, -0.15) is 0 Å². The number of rotatable bonds is 4. The fourth-order valence-corrected chi connectivity index (χ4v) is 4.20. The Labute approximate surface area is 149 Å². The number of hydrogen-bond donors (Lipinski definition) is 3. The number of hydrogen-bond acceptors (Lipinski definition) is 5. The maximum absolute atomic E-state index is 12.4. The zero-order chi connectivity index (χ0) is 17.3. The number of aliphatic hydroxyl groups is 1. The standard InChI is InChI=1S/C18H20N4O2S/c23-17(21-12-13-3-9-22-10-8-20-16(22)11-13)14-1-2-15(25-14)18(24)4-6-19-7-5-18/h1-3,8-11,19,24H,4-7,12H2,(H,21,23). The van der Waals surface area contributed by atoms with Crippen molar-refractivity contribution >= 4 is 22.9 Å². The van der Waals surface area contributed by atoms with Crippen molar-refractivity contribution in [1.29, 1.82) is 0 Å². The van der Waals surface area contributed by atoms with E-state index in [4.69, 9.17) is 0 Å². The highest BCUT2D eigenvalue weighted by molar-refractivity contribution is 7.14. The number of piperidine rings is 1. The van der Waals surface area contributed by atoms with E-state index in [0.29, 0.717) is 24.3 Å². The fraction of sp³-hybridized carbons (Fsp3) is 0.333. The Hall–Kier alpha value is -2.22. The molecule has 1 aliphatic heterocycles. The van der Waals surface area contributed by atoms with Crippen LogP contribution in [0.4, 0.5) is 0 Å². The van der Waals surface area contributed by atoms with E-state index >= 15 is 0 Å². The third-order valence-corrected chi connectivity index (χ3v) is 5.91. The molecule has 3 aromatic rings. The normalized spacial score (nSPS) is 16.8. The molecule has 3 N–H and O–H groups in total. The molecule has 0 saturated carbocycles. The van der Waals surface area contributed by atoms with Crippen molar-refractivity contribution in [1.82, 2.24) is 20.0 Å². The highest BCUT2D eigenvalue weighted by atomic mass is 32.1.